The largest absolute Gasteiger partial charge is 0.496 e. The highest BCUT2D eigenvalue weighted by molar-refractivity contribution is 5.91. The van der Waals surface area contributed by atoms with E-state index in [-0.39, 0.29) is 12.5 Å². The minimum Gasteiger partial charge on any atom is -0.496 e. The van der Waals surface area contributed by atoms with Gasteiger partial charge in [0, 0.05) is 12.6 Å². The smallest absolute Gasteiger partial charge is 0.244 e. The fraction of sp³-hybridized carbons (Fsp3) is 0.273. The molecule has 0 aromatic heterocycles. The van der Waals surface area contributed by atoms with Crippen LogP contribution in [0.5, 0.6) is 17.2 Å². The maximum atomic E-state index is 12.1. The van der Waals surface area contributed by atoms with E-state index < -0.39 is 0 Å². The second-order valence-electron chi connectivity index (χ2n) is 6.05. The molecule has 0 aliphatic rings. The van der Waals surface area contributed by atoms with Crippen molar-refractivity contribution < 1.29 is 19.0 Å². The number of nitrogens with zero attached hydrogens (tertiary/aromatic N) is 1. The van der Waals surface area contributed by atoms with Crippen LogP contribution in [-0.4, -0.2) is 33.3 Å². The maximum absolute atomic E-state index is 12.1. The van der Waals surface area contributed by atoms with Crippen LogP contribution in [0.2, 0.25) is 0 Å². The Bertz CT molecular complexity index is 885. The number of rotatable bonds is 9. The first-order valence-corrected chi connectivity index (χ1v) is 8.84. The first kappa shape index (κ1) is 20.8. The van der Waals surface area contributed by atoms with Crippen LogP contribution in [0.1, 0.15) is 16.7 Å². The van der Waals surface area contributed by atoms with Gasteiger partial charge >= 0.3 is 0 Å². The number of hydrogen-bond donors (Lipinski definition) is 1. The Hall–Kier alpha value is -3.46. The van der Waals surface area contributed by atoms with Crippen molar-refractivity contribution in [1.29, 1.82) is 5.26 Å². The molecule has 0 unspecified atom stereocenters. The second kappa shape index (κ2) is 10.6. The van der Waals surface area contributed by atoms with Crippen LogP contribution in [0.15, 0.2) is 42.5 Å². The van der Waals surface area contributed by atoms with Crippen LogP contribution in [-0.2, 0) is 11.2 Å². The molecule has 0 heterocycles. The number of ether oxygens (including phenoxy) is 3. The lowest BCUT2D eigenvalue weighted by atomic mass is 10.1. The molecule has 0 aliphatic carbocycles. The molecule has 6 nitrogen and oxygen atoms in total. The van der Waals surface area contributed by atoms with Gasteiger partial charge in [-0.25, -0.2) is 0 Å². The highest BCUT2D eigenvalue weighted by Crippen LogP contribution is 2.28. The number of carbonyl (C=O) groups excluding carboxylic acids is 1. The summed E-state index contributed by atoms with van der Waals surface area (Å²) in [7, 11) is 3.16. The Morgan fingerprint density at radius 3 is 2.57 bits per heavy atom. The minimum absolute atomic E-state index is 0.0559. The molecule has 0 saturated heterocycles. The van der Waals surface area contributed by atoms with E-state index in [0.717, 1.165) is 22.4 Å². The highest BCUT2D eigenvalue weighted by atomic mass is 16.5. The van der Waals surface area contributed by atoms with E-state index in [1.54, 1.807) is 31.4 Å². The highest BCUT2D eigenvalue weighted by Gasteiger charge is 2.06. The van der Waals surface area contributed by atoms with E-state index >= 15 is 0 Å². The third-order valence-corrected chi connectivity index (χ3v) is 4.04. The summed E-state index contributed by atoms with van der Waals surface area (Å²) in [4.78, 5) is 12.1. The molecule has 2 aromatic carbocycles. The normalized spacial score (nSPS) is 10.4. The van der Waals surface area contributed by atoms with Crippen molar-refractivity contribution in [2.45, 2.75) is 13.3 Å². The van der Waals surface area contributed by atoms with Gasteiger partial charge < -0.3 is 19.5 Å². The first-order chi connectivity index (χ1) is 13.6. The molecule has 2 rings (SSSR count). The van der Waals surface area contributed by atoms with Gasteiger partial charge in [0.2, 0.25) is 5.91 Å². The summed E-state index contributed by atoms with van der Waals surface area (Å²) in [6, 6.07) is 13.1. The van der Waals surface area contributed by atoms with Gasteiger partial charge in [0.15, 0.2) is 18.1 Å². The predicted octanol–water partition coefficient (Wildman–Crippen LogP) is 3.29. The van der Waals surface area contributed by atoms with Crippen LogP contribution >= 0.6 is 0 Å². The molecule has 1 N–H and O–H groups in total. The van der Waals surface area contributed by atoms with Gasteiger partial charge in [0.05, 0.1) is 14.2 Å². The fourth-order valence-electron chi connectivity index (χ4n) is 2.67. The number of nitriles is 1. The zero-order valence-electron chi connectivity index (χ0n) is 16.3. The van der Waals surface area contributed by atoms with Crippen molar-refractivity contribution in [3.63, 3.8) is 0 Å². The average molecular weight is 380 g/mol. The van der Waals surface area contributed by atoms with Gasteiger partial charge in [-0.1, -0.05) is 23.8 Å². The molecule has 2 aromatic rings. The van der Waals surface area contributed by atoms with Gasteiger partial charge in [0.1, 0.15) is 11.8 Å². The number of hydrogen-bond acceptors (Lipinski definition) is 5. The molecule has 0 bridgehead atoms. The SMILES string of the molecule is COc1ccc(C)cc1CCNC(=O)/C=C/c1ccc(OCC#N)c(OC)c1. The van der Waals surface area contributed by atoms with Crippen LogP contribution < -0.4 is 19.5 Å². The minimum atomic E-state index is -0.185. The van der Waals surface area contributed by atoms with Crippen molar-refractivity contribution in [2.75, 3.05) is 27.4 Å². The topological polar surface area (TPSA) is 80.6 Å². The number of carbonyl (C=O) groups is 1. The van der Waals surface area contributed by atoms with Crippen LogP contribution in [0, 0.1) is 18.3 Å². The van der Waals surface area contributed by atoms with Gasteiger partial charge in [-0.15, -0.1) is 0 Å². The molecule has 6 heteroatoms. The molecular weight excluding hydrogens is 356 g/mol. The molecule has 0 radical (unpaired) electrons. The average Bonchev–Trinajstić information content (AvgIpc) is 2.71. The first-order valence-electron chi connectivity index (χ1n) is 8.84. The summed E-state index contributed by atoms with van der Waals surface area (Å²) in [6.45, 7) is 2.47. The van der Waals surface area contributed by atoms with Crippen LogP contribution in [0.3, 0.4) is 0 Å². The molecule has 1 amide bonds. The zero-order chi connectivity index (χ0) is 20.4. The molecule has 0 atom stereocenters. The summed E-state index contributed by atoms with van der Waals surface area (Å²) >= 11 is 0. The van der Waals surface area contributed by atoms with E-state index in [9.17, 15) is 4.79 Å². The Labute approximate surface area is 165 Å². The van der Waals surface area contributed by atoms with Gasteiger partial charge in [-0.05, 0) is 48.7 Å². The van der Waals surface area contributed by atoms with Crippen molar-refractivity contribution in [3.8, 4) is 23.3 Å². The molecule has 146 valence electrons. The standard InChI is InChI=1S/C22H24N2O4/c1-16-4-7-19(26-2)18(14-16)10-12-24-22(25)9-6-17-5-8-20(28-13-11-23)21(15-17)27-3/h4-9,14-15H,10,12-13H2,1-3H3,(H,24,25)/b9-6+. The Balaban J connectivity index is 1.91. The number of methoxy groups -OCH3 is 2. The molecule has 0 fully saturated rings. The quantitative estimate of drug-likeness (QED) is 0.675. The number of benzene rings is 2. The van der Waals surface area contributed by atoms with E-state index in [1.165, 1.54) is 13.2 Å². The number of aryl methyl sites for hydroxylation is 1. The van der Waals surface area contributed by atoms with E-state index in [4.69, 9.17) is 19.5 Å². The summed E-state index contributed by atoms with van der Waals surface area (Å²) < 4.78 is 15.9. The summed E-state index contributed by atoms with van der Waals surface area (Å²) in [5.74, 6) is 1.62. The summed E-state index contributed by atoms with van der Waals surface area (Å²) in [6.07, 6.45) is 3.85. The second-order valence-corrected chi connectivity index (χ2v) is 6.05. The van der Waals surface area contributed by atoms with Crippen molar-refractivity contribution in [2.24, 2.45) is 0 Å². The third kappa shape index (κ3) is 6.06. The lowest BCUT2D eigenvalue weighted by Gasteiger charge is -2.10. The fourth-order valence-corrected chi connectivity index (χ4v) is 2.67. The molecule has 0 saturated carbocycles. The van der Waals surface area contributed by atoms with Crippen LogP contribution in [0.4, 0.5) is 0 Å². The van der Waals surface area contributed by atoms with Gasteiger partial charge in [-0.2, -0.15) is 5.26 Å². The van der Waals surface area contributed by atoms with Gasteiger partial charge in [-0.3, -0.25) is 4.79 Å². The number of amides is 1. The number of nitrogens with one attached hydrogen (secondary N) is 1. The van der Waals surface area contributed by atoms with Crippen LogP contribution in [0.25, 0.3) is 6.08 Å². The maximum Gasteiger partial charge on any atom is 0.244 e. The summed E-state index contributed by atoms with van der Waals surface area (Å²) in [5, 5.41) is 11.5. The molecular formula is C22H24N2O4. The monoisotopic (exact) mass is 380 g/mol. The third-order valence-electron chi connectivity index (χ3n) is 4.04. The lowest BCUT2D eigenvalue weighted by molar-refractivity contribution is -0.116. The molecule has 0 spiro atoms. The molecule has 0 aliphatic heterocycles. The lowest BCUT2D eigenvalue weighted by Crippen LogP contribution is -2.23. The van der Waals surface area contributed by atoms with E-state index in [0.29, 0.717) is 24.5 Å². The Morgan fingerprint density at radius 2 is 1.86 bits per heavy atom. The van der Waals surface area contributed by atoms with E-state index in [2.05, 4.69) is 11.4 Å². The van der Waals surface area contributed by atoms with Crippen molar-refractivity contribution in [1.82, 2.24) is 5.32 Å². The zero-order valence-corrected chi connectivity index (χ0v) is 16.3. The van der Waals surface area contributed by atoms with E-state index in [1.807, 2.05) is 25.1 Å². The predicted molar refractivity (Wildman–Crippen MR) is 108 cm³/mol. The van der Waals surface area contributed by atoms with Crippen molar-refractivity contribution in [3.05, 3.63) is 59.2 Å². The van der Waals surface area contributed by atoms with Gasteiger partial charge in [0.25, 0.3) is 0 Å². The Kier molecular flexibility index (Phi) is 7.92. The Morgan fingerprint density at radius 1 is 1.11 bits per heavy atom. The summed E-state index contributed by atoms with van der Waals surface area (Å²) in [5.41, 5.74) is 3.00. The van der Waals surface area contributed by atoms with Crippen molar-refractivity contribution >= 4 is 12.0 Å². The molecule has 28 heavy (non-hydrogen) atoms.